The number of nitro benzene ring substituents is 1. The van der Waals surface area contributed by atoms with E-state index in [1.54, 1.807) is 0 Å². The average molecular weight is 286 g/mol. The van der Waals surface area contributed by atoms with Gasteiger partial charge in [-0.15, -0.1) is 0 Å². The summed E-state index contributed by atoms with van der Waals surface area (Å²) in [6.45, 7) is 0. The summed E-state index contributed by atoms with van der Waals surface area (Å²) in [4.78, 5) is 24.1. The van der Waals surface area contributed by atoms with Crippen LogP contribution in [0.3, 0.4) is 0 Å². The van der Waals surface area contributed by atoms with Crippen molar-refractivity contribution in [3.8, 4) is 0 Å². The highest BCUT2D eigenvalue weighted by atomic mass is 19.4. The molecule has 0 aliphatic carbocycles. The van der Waals surface area contributed by atoms with Crippen molar-refractivity contribution < 1.29 is 28.0 Å². The molecule has 0 atom stereocenters. The first-order valence-corrected chi connectivity index (χ1v) is 5.10. The first-order valence-electron chi connectivity index (χ1n) is 5.10. The second-order valence-electron chi connectivity index (χ2n) is 3.82. The zero-order chi connectivity index (χ0) is 15.1. The van der Waals surface area contributed by atoms with Crippen molar-refractivity contribution >= 4 is 22.6 Å². The van der Waals surface area contributed by atoms with E-state index in [0.29, 0.717) is 6.07 Å². The molecule has 20 heavy (non-hydrogen) atoms. The Morgan fingerprint density at radius 2 is 1.95 bits per heavy atom. The molecule has 0 aliphatic rings. The van der Waals surface area contributed by atoms with Crippen LogP contribution in [0.4, 0.5) is 18.9 Å². The van der Waals surface area contributed by atoms with E-state index in [0.717, 1.165) is 18.2 Å². The number of aromatic carboxylic acids is 1. The van der Waals surface area contributed by atoms with Crippen LogP contribution in [-0.2, 0) is 6.18 Å². The lowest BCUT2D eigenvalue weighted by atomic mass is 10.1. The Hall–Kier alpha value is -2.71. The van der Waals surface area contributed by atoms with Crippen molar-refractivity contribution in [2.24, 2.45) is 0 Å². The number of fused-ring (bicyclic) bond motifs is 1. The molecule has 2 aromatic rings. The summed E-state index contributed by atoms with van der Waals surface area (Å²) in [7, 11) is 0. The van der Waals surface area contributed by atoms with Gasteiger partial charge in [0.25, 0.3) is 5.69 Å². The predicted octanol–water partition coefficient (Wildman–Crippen LogP) is 2.86. The number of hydrogen-bond donors (Lipinski definition) is 1. The van der Waals surface area contributed by atoms with Gasteiger partial charge in [-0.1, -0.05) is 0 Å². The third kappa shape index (κ3) is 2.37. The third-order valence-electron chi connectivity index (χ3n) is 2.52. The molecule has 0 saturated carbocycles. The molecule has 0 spiro atoms. The van der Waals surface area contributed by atoms with Crippen molar-refractivity contribution in [2.75, 3.05) is 0 Å². The summed E-state index contributed by atoms with van der Waals surface area (Å²) in [6.07, 6.45) is -4.81. The van der Waals surface area contributed by atoms with Crippen LogP contribution >= 0.6 is 0 Å². The predicted molar refractivity (Wildman–Crippen MR) is 60.4 cm³/mol. The Morgan fingerprint density at radius 1 is 1.30 bits per heavy atom. The van der Waals surface area contributed by atoms with E-state index in [1.807, 2.05) is 0 Å². The number of rotatable bonds is 2. The third-order valence-corrected chi connectivity index (χ3v) is 2.52. The Balaban J connectivity index is 2.82. The minimum atomic E-state index is -4.81. The van der Waals surface area contributed by atoms with Crippen LogP contribution in [0.25, 0.3) is 10.9 Å². The van der Waals surface area contributed by atoms with Crippen molar-refractivity contribution in [3.05, 3.63) is 45.6 Å². The SMILES string of the molecule is O=C(O)c1cc(C(F)(F)F)nc2ccc([N+](=O)[O-])cc12. The molecule has 0 aliphatic heterocycles. The van der Waals surface area contributed by atoms with Crippen molar-refractivity contribution in [3.63, 3.8) is 0 Å². The number of halogens is 3. The Bertz CT molecular complexity index is 727. The minimum Gasteiger partial charge on any atom is -0.478 e. The van der Waals surface area contributed by atoms with Crippen LogP contribution in [-0.4, -0.2) is 21.0 Å². The first-order chi connectivity index (χ1) is 9.20. The fourth-order valence-corrected chi connectivity index (χ4v) is 1.65. The zero-order valence-corrected chi connectivity index (χ0v) is 9.51. The molecule has 0 bridgehead atoms. The number of pyridine rings is 1. The smallest absolute Gasteiger partial charge is 0.433 e. The Kier molecular flexibility index (Phi) is 3.04. The van der Waals surface area contributed by atoms with Crippen LogP contribution in [0.15, 0.2) is 24.3 Å². The normalized spacial score (nSPS) is 11.6. The Labute approximate surface area is 108 Å². The molecule has 0 amide bonds. The number of nitrogens with zero attached hydrogens (tertiary/aromatic N) is 2. The molecule has 0 radical (unpaired) electrons. The van der Waals surface area contributed by atoms with Gasteiger partial charge in [0.2, 0.25) is 0 Å². The second-order valence-corrected chi connectivity index (χ2v) is 3.82. The summed E-state index contributed by atoms with van der Waals surface area (Å²) < 4.78 is 37.8. The molecular weight excluding hydrogens is 281 g/mol. The summed E-state index contributed by atoms with van der Waals surface area (Å²) >= 11 is 0. The lowest BCUT2D eigenvalue weighted by Crippen LogP contribution is -2.11. The molecule has 0 saturated heterocycles. The number of non-ortho nitro benzene ring substituents is 1. The molecule has 1 N–H and O–H groups in total. The molecule has 0 unspecified atom stereocenters. The van der Waals surface area contributed by atoms with Crippen LogP contribution in [0.2, 0.25) is 0 Å². The molecule has 9 heteroatoms. The van der Waals surface area contributed by atoms with Gasteiger partial charge >= 0.3 is 12.1 Å². The van der Waals surface area contributed by atoms with E-state index < -0.39 is 34.0 Å². The maximum Gasteiger partial charge on any atom is 0.433 e. The lowest BCUT2D eigenvalue weighted by molar-refractivity contribution is -0.384. The monoisotopic (exact) mass is 286 g/mol. The largest absolute Gasteiger partial charge is 0.478 e. The zero-order valence-electron chi connectivity index (χ0n) is 9.51. The Morgan fingerprint density at radius 3 is 2.45 bits per heavy atom. The number of carboxylic acid groups (broad SMARTS) is 1. The van der Waals surface area contributed by atoms with Crippen LogP contribution in [0.5, 0.6) is 0 Å². The highest BCUT2D eigenvalue weighted by molar-refractivity contribution is 6.03. The number of aromatic nitrogens is 1. The first kappa shape index (κ1) is 13.7. The highest BCUT2D eigenvalue weighted by Crippen LogP contribution is 2.32. The number of carbonyl (C=O) groups is 1. The van der Waals surface area contributed by atoms with E-state index in [1.165, 1.54) is 0 Å². The quantitative estimate of drug-likeness (QED) is 0.676. The number of benzene rings is 1. The van der Waals surface area contributed by atoms with E-state index in [9.17, 15) is 28.1 Å². The van der Waals surface area contributed by atoms with E-state index in [2.05, 4.69) is 4.98 Å². The van der Waals surface area contributed by atoms with E-state index >= 15 is 0 Å². The van der Waals surface area contributed by atoms with Gasteiger partial charge in [0, 0.05) is 17.5 Å². The summed E-state index contributed by atoms with van der Waals surface area (Å²) in [5.41, 5.74) is -2.76. The van der Waals surface area contributed by atoms with Gasteiger partial charge in [-0.2, -0.15) is 13.2 Å². The molecule has 2 rings (SSSR count). The molecule has 1 aromatic carbocycles. The molecule has 6 nitrogen and oxygen atoms in total. The van der Waals surface area contributed by atoms with Gasteiger partial charge in [0.05, 0.1) is 16.0 Å². The number of carboxylic acids is 1. The number of hydrogen-bond acceptors (Lipinski definition) is 4. The summed E-state index contributed by atoms with van der Waals surface area (Å²) in [5, 5.41) is 19.3. The molecule has 0 fully saturated rings. The van der Waals surface area contributed by atoms with Crippen LogP contribution < -0.4 is 0 Å². The van der Waals surface area contributed by atoms with E-state index in [-0.39, 0.29) is 10.9 Å². The molecular formula is C11H5F3N2O4. The fourth-order valence-electron chi connectivity index (χ4n) is 1.65. The van der Waals surface area contributed by atoms with Crippen molar-refractivity contribution in [2.45, 2.75) is 6.18 Å². The van der Waals surface area contributed by atoms with Gasteiger partial charge in [-0.05, 0) is 12.1 Å². The van der Waals surface area contributed by atoms with Gasteiger partial charge in [-0.25, -0.2) is 9.78 Å². The summed E-state index contributed by atoms with van der Waals surface area (Å²) in [5.74, 6) is -1.62. The van der Waals surface area contributed by atoms with Crippen molar-refractivity contribution in [1.82, 2.24) is 4.98 Å². The number of alkyl halides is 3. The van der Waals surface area contributed by atoms with Crippen molar-refractivity contribution in [1.29, 1.82) is 0 Å². The summed E-state index contributed by atoms with van der Waals surface area (Å²) in [6, 6.07) is 3.18. The minimum absolute atomic E-state index is 0.222. The maximum atomic E-state index is 12.6. The standard InChI is InChI=1S/C11H5F3N2O4/c12-11(13,14)9-4-7(10(17)18)6-3-5(16(19)20)1-2-8(6)15-9/h1-4H,(H,17,18). The van der Waals surface area contributed by atoms with Gasteiger partial charge in [0.1, 0.15) is 5.69 Å². The van der Waals surface area contributed by atoms with E-state index in [4.69, 9.17) is 5.11 Å². The number of nitro groups is 1. The topological polar surface area (TPSA) is 93.3 Å². The lowest BCUT2D eigenvalue weighted by Gasteiger charge is -2.09. The fraction of sp³-hybridized carbons (Fsp3) is 0.0909. The molecule has 1 aromatic heterocycles. The molecule has 104 valence electrons. The van der Waals surface area contributed by atoms with Gasteiger partial charge in [0.15, 0.2) is 0 Å². The van der Waals surface area contributed by atoms with Gasteiger partial charge in [-0.3, -0.25) is 10.1 Å². The van der Waals surface area contributed by atoms with Gasteiger partial charge < -0.3 is 5.11 Å². The van der Waals surface area contributed by atoms with Crippen LogP contribution in [0.1, 0.15) is 16.1 Å². The van der Waals surface area contributed by atoms with Crippen LogP contribution in [0, 0.1) is 10.1 Å². The second kappa shape index (κ2) is 4.44. The average Bonchev–Trinajstić information content (AvgIpc) is 2.35. The molecule has 1 heterocycles. The maximum absolute atomic E-state index is 12.6. The highest BCUT2D eigenvalue weighted by Gasteiger charge is 2.34.